The molecule has 6 nitrogen and oxygen atoms in total. The fourth-order valence-electron chi connectivity index (χ4n) is 3.96. The number of nitrogens with two attached hydrogens (primary N) is 1. The molecule has 0 radical (unpaired) electrons. The predicted octanol–water partition coefficient (Wildman–Crippen LogP) is 1.68. The highest BCUT2D eigenvalue weighted by molar-refractivity contribution is 7.92. The molecule has 1 amide bonds. The predicted molar refractivity (Wildman–Crippen MR) is 90.6 cm³/mol. The van der Waals surface area contributed by atoms with Crippen molar-refractivity contribution in [3.63, 3.8) is 0 Å². The van der Waals surface area contributed by atoms with Crippen LogP contribution in [0.4, 0.5) is 11.4 Å². The number of hydrogen-bond donors (Lipinski definition) is 3. The molecule has 1 aromatic carbocycles. The fraction of sp³-hybridized carbons (Fsp3) is 0.562. The summed E-state index contributed by atoms with van der Waals surface area (Å²) < 4.78 is 25.3. The van der Waals surface area contributed by atoms with Gasteiger partial charge in [0.1, 0.15) is 0 Å². The summed E-state index contributed by atoms with van der Waals surface area (Å²) in [6.45, 7) is 1.81. The van der Waals surface area contributed by atoms with Gasteiger partial charge < -0.3 is 11.1 Å². The van der Waals surface area contributed by atoms with Crippen molar-refractivity contribution in [2.24, 2.45) is 23.5 Å². The molecule has 0 spiro atoms. The van der Waals surface area contributed by atoms with E-state index in [0.717, 1.165) is 31.1 Å². The van der Waals surface area contributed by atoms with E-state index >= 15 is 0 Å². The maximum atomic E-state index is 12.6. The maximum absolute atomic E-state index is 12.6. The molecule has 2 bridgehead atoms. The third kappa shape index (κ3) is 3.35. The molecule has 0 aromatic heterocycles. The molecule has 7 heteroatoms. The second-order valence-corrected chi connectivity index (χ2v) is 8.58. The highest BCUT2D eigenvalue weighted by atomic mass is 32.2. The number of amides is 1. The van der Waals surface area contributed by atoms with E-state index in [1.807, 2.05) is 6.92 Å². The summed E-state index contributed by atoms with van der Waals surface area (Å²) in [6, 6.07) is 5.14. The van der Waals surface area contributed by atoms with Crippen LogP contribution in [0, 0.1) is 24.7 Å². The van der Waals surface area contributed by atoms with Gasteiger partial charge in [0.2, 0.25) is 15.9 Å². The van der Waals surface area contributed by atoms with Crippen molar-refractivity contribution in [2.45, 2.75) is 32.2 Å². The maximum Gasteiger partial charge on any atom is 0.229 e. The minimum atomic E-state index is -3.36. The van der Waals surface area contributed by atoms with Crippen molar-refractivity contribution >= 4 is 27.3 Å². The van der Waals surface area contributed by atoms with Crippen LogP contribution >= 0.6 is 0 Å². The molecule has 3 rings (SSSR count). The molecule has 126 valence electrons. The zero-order valence-electron chi connectivity index (χ0n) is 13.4. The largest absolute Gasteiger partial charge is 0.327 e. The summed E-state index contributed by atoms with van der Waals surface area (Å²) in [5, 5.41) is 2.90. The fourth-order valence-corrected chi connectivity index (χ4v) is 4.58. The minimum absolute atomic E-state index is 0.0566. The van der Waals surface area contributed by atoms with Crippen molar-refractivity contribution < 1.29 is 13.2 Å². The van der Waals surface area contributed by atoms with Gasteiger partial charge in [-0.2, -0.15) is 0 Å². The van der Waals surface area contributed by atoms with Crippen molar-refractivity contribution in [1.29, 1.82) is 0 Å². The van der Waals surface area contributed by atoms with Gasteiger partial charge in [0, 0.05) is 11.7 Å². The molecule has 4 N–H and O–H groups in total. The Bertz CT molecular complexity index is 730. The molecular weight excluding hydrogens is 314 g/mol. The van der Waals surface area contributed by atoms with Crippen LogP contribution in [0.3, 0.4) is 0 Å². The minimum Gasteiger partial charge on any atom is -0.327 e. The second-order valence-electron chi connectivity index (χ2n) is 6.83. The molecule has 0 heterocycles. The van der Waals surface area contributed by atoms with Crippen molar-refractivity contribution in [2.75, 3.05) is 16.3 Å². The summed E-state index contributed by atoms with van der Waals surface area (Å²) in [5.41, 5.74) is 8.06. The van der Waals surface area contributed by atoms with Gasteiger partial charge in [0.25, 0.3) is 0 Å². The Morgan fingerprint density at radius 2 is 1.96 bits per heavy atom. The first kappa shape index (κ1) is 16.3. The lowest BCUT2D eigenvalue weighted by Gasteiger charge is -2.27. The zero-order chi connectivity index (χ0) is 16.8. The molecule has 2 aliphatic carbocycles. The van der Waals surface area contributed by atoms with Crippen LogP contribution in [0.15, 0.2) is 18.2 Å². The lowest BCUT2D eigenvalue weighted by Crippen LogP contribution is -2.42. The molecule has 23 heavy (non-hydrogen) atoms. The number of nitrogens with one attached hydrogen (secondary N) is 2. The molecular formula is C16H23N3O3S. The Balaban J connectivity index is 1.75. The van der Waals surface area contributed by atoms with Crippen LogP contribution in [0.1, 0.15) is 24.8 Å². The first-order chi connectivity index (χ1) is 10.7. The number of benzene rings is 1. The highest BCUT2D eigenvalue weighted by Crippen LogP contribution is 2.47. The van der Waals surface area contributed by atoms with E-state index in [0.29, 0.717) is 23.2 Å². The van der Waals surface area contributed by atoms with E-state index in [9.17, 15) is 13.2 Å². The Kier molecular flexibility index (Phi) is 4.10. The average molecular weight is 337 g/mol. The van der Waals surface area contributed by atoms with E-state index in [1.54, 1.807) is 18.2 Å². The number of carbonyl (C=O) groups excluding carboxylic acids is 1. The molecule has 0 saturated heterocycles. The quantitative estimate of drug-likeness (QED) is 0.778. The van der Waals surface area contributed by atoms with Crippen molar-refractivity contribution in [3.05, 3.63) is 23.8 Å². The highest BCUT2D eigenvalue weighted by Gasteiger charge is 2.49. The van der Waals surface area contributed by atoms with Gasteiger partial charge in [0.05, 0.1) is 17.9 Å². The van der Waals surface area contributed by atoms with Crippen molar-refractivity contribution in [3.8, 4) is 0 Å². The summed E-state index contributed by atoms with van der Waals surface area (Å²) in [5.74, 6) is 0.658. The topological polar surface area (TPSA) is 101 Å². The standard InChI is InChI=1S/C16H23N3O3S/c1-9-3-6-12(8-13(9)19-23(2,21)22)18-16(20)14-10-4-5-11(7-10)15(14)17/h3,6,8,10-11,14-15,19H,4-5,7,17H2,1-2H3,(H,18,20). The van der Waals surface area contributed by atoms with Gasteiger partial charge in [-0.05, 0) is 55.7 Å². The summed E-state index contributed by atoms with van der Waals surface area (Å²) >= 11 is 0. The number of rotatable bonds is 4. The van der Waals surface area contributed by atoms with Gasteiger partial charge in [0.15, 0.2) is 0 Å². The Morgan fingerprint density at radius 3 is 2.57 bits per heavy atom. The van der Waals surface area contributed by atoms with Gasteiger partial charge in [-0.1, -0.05) is 6.07 Å². The lowest BCUT2D eigenvalue weighted by molar-refractivity contribution is -0.121. The number of hydrogen-bond acceptors (Lipinski definition) is 4. The lowest BCUT2D eigenvalue weighted by atomic mass is 9.84. The van der Waals surface area contributed by atoms with Gasteiger partial charge in [-0.3, -0.25) is 9.52 Å². The van der Waals surface area contributed by atoms with Gasteiger partial charge in [-0.25, -0.2) is 8.42 Å². The first-order valence-electron chi connectivity index (χ1n) is 7.89. The molecule has 2 aliphatic rings. The van der Waals surface area contributed by atoms with Gasteiger partial charge >= 0.3 is 0 Å². The van der Waals surface area contributed by atoms with Crippen LogP contribution in [0.5, 0.6) is 0 Å². The molecule has 2 fully saturated rings. The number of sulfonamides is 1. The molecule has 4 atom stereocenters. The van der Waals surface area contributed by atoms with Crippen LogP contribution in [0.2, 0.25) is 0 Å². The van der Waals surface area contributed by atoms with Crippen molar-refractivity contribution in [1.82, 2.24) is 0 Å². The Hall–Kier alpha value is -1.60. The monoisotopic (exact) mass is 337 g/mol. The van der Waals surface area contributed by atoms with E-state index in [4.69, 9.17) is 5.73 Å². The number of fused-ring (bicyclic) bond motifs is 2. The smallest absolute Gasteiger partial charge is 0.229 e. The van der Waals surface area contributed by atoms with Crippen LogP contribution < -0.4 is 15.8 Å². The summed E-state index contributed by atoms with van der Waals surface area (Å²) in [6.07, 6.45) is 4.35. The number of carbonyl (C=O) groups is 1. The summed E-state index contributed by atoms with van der Waals surface area (Å²) in [7, 11) is -3.36. The van der Waals surface area contributed by atoms with Gasteiger partial charge in [-0.15, -0.1) is 0 Å². The third-order valence-electron chi connectivity index (χ3n) is 5.08. The van der Waals surface area contributed by atoms with E-state index in [2.05, 4.69) is 10.0 Å². The van der Waals surface area contributed by atoms with E-state index in [1.165, 1.54) is 0 Å². The van der Waals surface area contributed by atoms with E-state index < -0.39 is 10.0 Å². The van der Waals surface area contributed by atoms with Crippen LogP contribution in [-0.2, 0) is 14.8 Å². The molecule has 0 aliphatic heterocycles. The summed E-state index contributed by atoms with van der Waals surface area (Å²) in [4.78, 5) is 12.6. The number of anilines is 2. The first-order valence-corrected chi connectivity index (χ1v) is 9.78. The SMILES string of the molecule is Cc1ccc(NC(=O)C2C3CCC(C3)C2N)cc1NS(C)(=O)=O. The normalized spacial score (nSPS) is 29.5. The number of aryl methyl sites for hydroxylation is 1. The Labute approximate surface area is 136 Å². The molecule has 4 unspecified atom stereocenters. The zero-order valence-corrected chi connectivity index (χ0v) is 14.2. The molecule has 1 aromatic rings. The Morgan fingerprint density at radius 1 is 1.26 bits per heavy atom. The van der Waals surface area contributed by atoms with Crippen LogP contribution in [-0.4, -0.2) is 26.6 Å². The third-order valence-corrected chi connectivity index (χ3v) is 5.67. The average Bonchev–Trinajstić information content (AvgIpc) is 3.01. The second kappa shape index (κ2) is 5.79. The molecule has 2 saturated carbocycles. The van der Waals surface area contributed by atoms with Crippen LogP contribution in [0.25, 0.3) is 0 Å². The van der Waals surface area contributed by atoms with E-state index in [-0.39, 0.29) is 17.9 Å².